The normalized spacial score (nSPS) is 11.1. The van der Waals surface area contributed by atoms with Gasteiger partial charge >= 0.3 is 0 Å². The van der Waals surface area contributed by atoms with E-state index in [4.69, 9.17) is 4.74 Å². The van der Waals surface area contributed by atoms with Gasteiger partial charge in [0, 0.05) is 6.61 Å². The minimum absolute atomic E-state index is 0.710. The van der Waals surface area contributed by atoms with Gasteiger partial charge in [-0.05, 0) is 24.2 Å². The summed E-state index contributed by atoms with van der Waals surface area (Å²) in [5.41, 5.74) is 1.23. The highest BCUT2D eigenvalue weighted by atomic mass is 32.1. The molecular formula is C15H22OS. The van der Waals surface area contributed by atoms with Crippen LogP contribution in [0.15, 0.2) is 36.4 Å². The fraction of sp³-hybridized carbons (Fsp3) is 0.467. The van der Waals surface area contributed by atoms with E-state index in [0.29, 0.717) is 6.61 Å². The Hall–Kier alpha value is -0.730. The Morgan fingerprint density at radius 2 is 1.76 bits per heavy atom. The topological polar surface area (TPSA) is 9.23 Å². The molecule has 0 aliphatic rings. The maximum Gasteiger partial charge on any atom is 0.0650 e. The van der Waals surface area contributed by atoms with E-state index in [-0.39, 0.29) is 0 Å². The number of benzene rings is 1. The molecule has 0 bridgehead atoms. The first-order valence-corrected chi connectivity index (χ1v) is 6.97. The third-order valence-corrected chi connectivity index (χ3v) is 2.84. The van der Waals surface area contributed by atoms with Crippen LogP contribution in [0.1, 0.15) is 31.2 Å². The Morgan fingerprint density at radius 1 is 1.00 bits per heavy atom. The lowest BCUT2D eigenvalue weighted by Gasteiger charge is -2.00. The summed E-state index contributed by atoms with van der Waals surface area (Å²) in [5.74, 6) is 1.00. The molecule has 0 aliphatic heterocycles. The lowest BCUT2D eigenvalue weighted by Crippen LogP contribution is -1.94. The summed E-state index contributed by atoms with van der Waals surface area (Å²) < 4.78 is 5.53. The summed E-state index contributed by atoms with van der Waals surface area (Å²) in [5, 5.41) is 0. The molecule has 0 saturated heterocycles. The Bertz CT molecular complexity index is 295. The Morgan fingerprint density at radius 3 is 2.53 bits per heavy atom. The van der Waals surface area contributed by atoms with E-state index in [1.54, 1.807) is 0 Å². The summed E-state index contributed by atoms with van der Waals surface area (Å²) in [7, 11) is 0. The minimum atomic E-state index is 0.710. The van der Waals surface area contributed by atoms with Crippen LogP contribution in [0.2, 0.25) is 0 Å². The summed E-state index contributed by atoms with van der Waals surface area (Å²) in [6.07, 6.45) is 9.07. The number of thiol groups is 1. The molecule has 0 atom stereocenters. The third kappa shape index (κ3) is 8.06. The third-order valence-electron chi connectivity index (χ3n) is 2.52. The van der Waals surface area contributed by atoms with Crippen LogP contribution >= 0.6 is 12.6 Å². The van der Waals surface area contributed by atoms with Crippen molar-refractivity contribution in [3.05, 3.63) is 42.0 Å². The fourth-order valence-electron chi connectivity index (χ4n) is 1.57. The van der Waals surface area contributed by atoms with Crippen LogP contribution < -0.4 is 0 Å². The zero-order valence-corrected chi connectivity index (χ0v) is 11.2. The summed E-state index contributed by atoms with van der Waals surface area (Å²) in [6.45, 7) is 1.58. The average molecular weight is 250 g/mol. The molecular weight excluding hydrogens is 228 g/mol. The second kappa shape index (κ2) is 10.4. The maximum absolute atomic E-state index is 5.53. The van der Waals surface area contributed by atoms with Gasteiger partial charge < -0.3 is 4.74 Å². The molecule has 0 aromatic heterocycles. The smallest absolute Gasteiger partial charge is 0.0650 e. The summed E-state index contributed by atoms with van der Waals surface area (Å²) in [4.78, 5) is 0. The van der Waals surface area contributed by atoms with Gasteiger partial charge in [-0.15, -0.1) is 0 Å². The molecule has 0 unspecified atom stereocenters. The van der Waals surface area contributed by atoms with Gasteiger partial charge in [0.25, 0.3) is 0 Å². The first-order valence-electron chi connectivity index (χ1n) is 6.33. The van der Waals surface area contributed by atoms with Gasteiger partial charge in [0.2, 0.25) is 0 Å². The van der Waals surface area contributed by atoms with E-state index < -0.39 is 0 Å². The predicted octanol–water partition coefficient (Wildman–Crippen LogP) is 4.21. The Kier molecular flexibility index (Phi) is 8.79. The maximum atomic E-state index is 5.53. The van der Waals surface area contributed by atoms with Crippen LogP contribution in [0.4, 0.5) is 0 Å². The average Bonchev–Trinajstić information content (AvgIpc) is 2.38. The first kappa shape index (κ1) is 14.3. The molecule has 2 heteroatoms. The zero-order valence-electron chi connectivity index (χ0n) is 10.3. The van der Waals surface area contributed by atoms with E-state index in [0.717, 1.165) is 18.8 Å². The molecule has 17 heavy (non-hydrogen) atoms. The molecule has 94 valence electrons. The molecule has 0 radical (unpaired) electrons. The highest BCUT2D eigenvalue weighted by Gasteiger charge is 1.89. The first-order chi connectivity index (χ1) is 8.43. The van der Waals surface area contributed by atoms with Crippen molar-refractivity contribution in [2.75, 3.05) is 19.0 Å². The number of hydrogen-bond acceptors (Lipinski definition) is 2. The molecule has 0 aliphatic carbocycles. The molecule has 0 N–H and O–H groups in total. The van der Waals surface area contributed by atoms with Crippen molar-refractivity contribution in [2.24, 2.45) is 0 Å². The monoisotopic (exact) mass is 250 g/mol. The number of ether oxygens (including phenoxy) is 1. The summed E-state index contributed by atoms with van der Waals surface area (Å²) >= 11 is 4.19. The van der Waals surface area contributed by atoms with E-state index in [9.17, 15) is 0 Å². The number of rotatable bonds is 9. The quantitative estimate of drug-likeness (QED) is 0.510. The van der Waals surface area contributed by atoms with Crippen LogP contribution in [0.25, 0.3) is 6.08 Å². The molecule has 1 rings (SSSR count). The molecule has 0 fully saturated rings. The summed E-state index contributed by atoms with van der Waals surface area (Å²) in [6, 6.07) is 10.3. The van der Waals surface area contributed by atoms with Crippen molar-refractivity contribution >= 4 is 18.7 Å². The zero-order chi connectivity index (χ0) is 12.2. The lowest BCUT2D eigenvalue weighted by molar-refractivity contribution is 0.157. The van der Waals surface area contributed by atoms with Crippen LogP contribution in [-0.2, 0) is 4.74 Å². The largest absolute Gasteiger partial charge is 0.377 e. The van der Waals surface area contributed by atoms with Crippen molar-refractivity contribution in [2.45, 2.75) is 25.7 Å². The molecule has 0 amide bonds. The van der Waals surface area contributed by atoms with Crippen molar-refractivity contribution in [1.82, 2.24) is 0 Å². The second-order valence-electron chi connectivity index (χ2n) is 4.03. The van der Waals surface area contributed by atoms with E-state index in [1.807, 2.05) is 18.2 Å². The highest BCUT2D eigenvalue weighted by Crippen LogP contribution is 2.02. The van der Waals surface area contributed by atoms with Crippen molar-refractivity contribution < 1.29 is 4.74 Å². The standard InChI is InChI=1S/C15H22OS/c17-14-7-2-1-6-12-16-13-8-11-15-9-4-3-5-10-15/h3-5,8-11,17H,1-2,6-7,12-14H2. The predicted molar refractivity (Wildman–Crippen MR) is 78.6 cm³/mol. The minimum Gasteiger partial charge on any atom is -0.377 e. The molecule has 1 aromatic carbocycles. The van der Waals surface area contributed by atoms with Crippen molar-refractivity contribution in [3.8, 4) is 0 Å². The van der Waals surface area contributed by atoms with Gasteiger partial charge in [0.15, 0.2) is 0 Å². The highest BCUT2D eigenvalue weighted by molar-refractivity contribution is 7.80. The number of unbranched alkanes of at least 4 members (excludes halogenated alkanes) is 3. The van der Waals surface area contributed by atoms with Crippen LogP contribution in [0.5, 0.6) is 0 Å². The van der Waals surface area contributed by atoms with E-state index in [1.165, 1.54) is 24.8 Å². The molecule has 0 spiro atoms. The molecule has 1 aromatic rings. The van der Waals surface area contributed by atoms with Gasteiger partial charge in [-0.3, -0.25) is 0 Å². The van der Waals surface area contributed by atoms with Gasteiger partial charge in [0.1, 0.15) is 0 Å². The SMILES string of the molecule is SCCCCCCOCC=Cc1ccccc1. The molecule has 0 heterocycles. The fourth-order valence-corrected chi connectivity index (χ4v) is 1.79. The lowest BCUT2D eigenvalue weighted by atomic mass is 10.2. The van der Waals surface area contributed by atoms with Crippen LogP contribution in [0, 0.1) is 0 Å². The van der Waals surface area contributed by atoms with Gasteiger partial charge in [-0.1, -0.05) is 55.3 Å². The van der Waals surface area contributed by atoms with Crippen molar-refractivity contribution in [1.29, 1.82) is 0 Å². The van der Waals surface area contributed by atoms with Crippen LogP contribution in [-0.4, -0.2) is 19.0 Å². The second-order valence-corrected chi connectivity index (χ2v) is 4.47. The van der Waals surface area contributed by atoms with E-state index in [2.05, 4.69) is 36.9 Å². The van der Waals surface area contributed by atoms with E-state index >= 15 is 0 Å². The molecule has 1 nitrogen and oxygen atoms in total. The Balaban J connectivity index is 1.95. The van der Waals surface area contributed by atoms with Gasteiger partial charge in [-0.25, -0.2) is 0 Å². The van der Waals surface area contributed by atoms with Crippen LogP contribution in [0.3, 0.4) is 0 Å². The molecule has 0 saturated carbocycles. The van der Waals surface area contributed by atoms with Crippen molar-refractivity contribution in [3.63, 3.8) is 0 Å². The Labute approximate surface area is 110 Å². The van der Waals surface area contributed by atoms with Gasteiger partial charge in [0.05, 0.1) is 6.61 Å². The number of hydrogen-bond donors (Lipinski definition) is 1. The van der Waals surface area contributed by atoms with Gasteiger partial charge in [-0.2, -0.15) is 12.6 Å².